The van der Waals surface area contributed by atoms with Gasteiger partial charge in [0.25, 0.3) is 0 Å². The summed E-state index contributed by atoms with van der Waals surface area (Å²) in [6, 6.07) is 7.51. The Morgan fingerprint density at radius 2 is 1.53 bits per heavy atom. The lowest BCUT2D eigenvalue weighted by Crippen LogP contribution is -2.20. The van der Waals surface area contributed by atoms with Crippen LogP contribution in [0.5, 0.6) is 0 Å². The number of nitrogens with one attached hydrogen (secondary N) is 2. The Labute approximate surface area is 174 Å². The van der Waals surface area contributed by atoms with Gasteiger partial charge in [-0.05, 0) is 50.7 Å². The van der Waals surface area contributed by atoms with E-state index in [0.717, 1.165) is 15.9 Å². The Morgan fingerprint density at radius 3 is 2.13 bits per heavy atom. The van der Waals surface area contributed by atoms with E-state index in [1.165, 1.54) is 0 Å². The highest BCUT2D eigenvalue weighted by molar-refractivity contribution is 7.80. The number of hydrogen-bond donors (Lipinski definition) is 2. The minimum Gasteiger partial charge on any atom is -0.332 e. The van der Waals surface area contributed by atoms with Crippen molar-refractivity contribution in [3.8, 4) is 0 Å². The largest absolute Gasteiger partial charge is 0.332 e. The van der Waals surface area contributed by atoms with Gasteiger partial charge in [0, 0.05) is 5.69 Å². The van der Waals surface area contributed by atoms with Crippen LogP contribution in [-0.2, 0) is 6.54 Å². The summed E-state index contributed by atoms with van der Waals surface area (Å²) in [5.41, 5.74) is 2.13. The first kappa shape index (κ1) is 21.7. The van der Waals surface area contributed by atoms with Crippen molar-refractivity contribution in [2.45, 2.75) is 27.3 Å². The topological polar surface area (TPSA) is 41.9 Å². The number of halogens is 5. The Balaban J connectivity index is 1.85. The van der Waals surface area contributed by atoms with E-state index in [4.69, 9.17) is 12.2 Å². The van der Waals surface area contributed by atoms with Crippen LogP contribution in [0.25, 0.3) is 0 Å². The molecular formula is C20H17F5N4S. The zero-order valence-corrected chi connectivity index (χ0v) is 17.0. The molecule has 0 spiro atoms. The molecule has 2 N–H and O–H groups in total. The molecule has 0 aliphatic carbocycles. The molecule has 2 aromatic carbocycles. The minimum atomic E-state index is -2.20. The highest BCUT2D eigenvalue weighted by Gasteiger charge is 2.26. The van der Waals surface area contributed by atoms with Gasteiger partial charge < -0.3 is 10.6 Å². The first-order valence-corrected chi connectivity index (χ1v) is 9.20. The van der Waals surface area contributed by atoms with Gasteiger partial charge in [0.2, 0.25) is 5.82 Å². The summed E-state index contributed by atoms with van der Waals surface area (Å²) in [6.07, 6.45) is 0. The average Bonchev–Trinajstić information content (AvgIpc) is 2.95. The summed E-state index contributed by atoms with van der Waals surface area (Å²) in [5.74, 6) is -9.95. The van der Waals surface area contributed by atoms with E-state index >= 15 is 0 Å². The molecule has 158 valence electrons. The Kier molecular flexibility index (Phi) is 6.06. The SMILES string of the molecule is Cc1cccc(NC(=S)Nc2c(C)nn(Cc3c(F)c(F)c(F)c(F)c3F)c2C)c1. The van der Waals surface area contributed by atoms with Crippen LogP contribution in [0.15, 0.2) is 24.3 Å². The quantitative estimate of drug-likeness (QED) is 0.248. The van der Waals surface area contributed by atoms with Gasteiger partial charge in [-0.1, -0.05) is 12.1 Å². The first-order chi connectivity index (χ1) is 14.1. The second kappa shape index (κ2) is 8.39. The van der Waals surface area contributed by atoms with Gasteiger partial charge >= 0.3 is 0 Å². The average molecular weight is 440 g/mol. The number of aromatic nitrogens is 2. The van der Waals surface area contributed by atoms with Crippen LogP contribution in [0.4, 0.5) is 33.3 Å². The molecular weight excluding hydrogens is 423 g/mol. The van der Waals surface area contributed by atoms with Crippen molar-refractivity contribution < 1.29 is 22.0 Å². The number of aryl methyl sites for hydroxylation is 2. The van der Waals surface area contributed by atoms with Crippen LogP contribution in [0.1, 0.15) is 22.5 Å². The molecule has 0 radical (unpaired) electrons. The molecule has 0 unspecified atom stereocenters. The van der Waals surface area contributed by atoms with Gasteiger partial charge in [-0.3, -0.25) is 4.68 Å². The summed E-state index contributed by atoms with van der Waals surface area (Å²) in [5, 5.41) is 10.4. The smallest absolute Gasteiger partial charge is 0.200 e. The summed E-state index contributed by atoms with van der Waals surface area (Å²) >= 11 is 5.29. The number of benzene rings is 2. The van der Waals surface area contributed by atoms with Crippen LogP contribution in [-0.4, -0.2) is 14.9 Å². The molecule has 0 saturated carbocycles. The van der Waals surface area contributed by atoms with E-state index in [2.05, 4.69) is 15.7 Å². The second-order valence-electron chi connectivity index (χ2n) is 6.70. The van der Waals surface area contributed by atoms with Crippen molar-refractivity contribution >= 4 is 28.7 Å². The Hall–Kier alpha value is -3.01. The van der Waals surface area contributed by atoms with Crippen LogP contribution in [0.2, 0.25) is 0 Å². The molecule has 0 atom stereocenters. The molecule has 0 bridgehead atoms. The number of rotatable bonds is 4. The molecule has 30 heavy (non-hydrogen) atoms. The van der Waals surface area contributed by atoms with E-state index in [0.29, 0.717) is 17.1 Å². The van der Waals surface area contributed by atoms with Crippen LogP contribution in [0, 0.1) is 49.9 Å². The number of hydrogen-bond acceptors (Lipinski definition) is 2. The molecule has 0 saturated heterocycles. The van der Waals surface area contributed by atoms with E-state index in [9.17, 15) is 22.0 Å². The van der Waals surface area contributed by atoms with Gasteiger partial charge in [0.05, 0.1) is 29.2 Å². The fourth-order valence-electron chi connectivity index (χ4n) is 2.97. The van der Waals surface area contributed by atoms with Crippen molar-refractivity contribution in [3.63, 3.8) is 0 Å². The maximum atomic E-state index is 14.0. The van der Waals surface area contributed by atoms with Gasteiger partial charge in [0.15, 0.2) is 28.4 Å². The number of nitrogens with zero attached hydrogens (tertiary/aromatic N) is 2. The lowest BCUT2D eigenvalue weighted by molar-refractivity contribution is 0.366. The highest BCUT2D eigenvalue weighted by atomic mass is 32.1. The third kappa shape index (κ3) is 4.13. The van der Waals surface area contributed by atoms with Gasteiger partial charge in [-0.15, -0.1) is 0 Å². The first-order valence-electron chi connectivity index (χ1n) is 8.79. The number of thiocarbonyl (C=S) groups is 1. The molecule has 0 aliphatic rings. The summed E-state index contributed by atoms with van der Waals surface area (Å²) < 4.78 is 69.3. The molecule has 4 nitrogen and oxygen atoms in total. The molecule has 1 aromatic heterocycles. The normalized spacial score (nSPS) is 10.9. The van der Waals surface area contributed by atoms with Crippen LogP contribution in [0.3, 0.4) is 0 Å². The lowest BCUT2D eigenvalue weighted by atomic mass is 10.1. The zero-order valence-electron chi connectivity index (χ0n) is 16.2. The zero-order chi connectivity index (χ0) is 22.2. The molecule has 3 aromatic rings. The fraction of sp³-hybridized carbons (Fsp3) is 0.200. The summed E-state index contributed by atoms with van der Waals surface area (Å²) in [6.45, 7) is 4.50. The van der Waals surface area contributed by atoms with Gasteiger partial charge in [0.1, 0.15) is 0 Å². The maximum absolute atomic E-state index is 14.0. The summed E-state index contributed by atoms with van der Waals surface area (Å²) in [7, 11) is 0. The van der Waals surface area contributed by atoms with E-state index in [-0.39, 0.29) is 5.11 Å². The monoisotopic (exact) mass is 440 g/mol. The van der Waals surface area contributed by atoms with Crippen LogP contribution >= 0.6 is 12.2 Å². The number of anilines is 2. The highest BCUT2D eigenvalue weighted by Crippen LogP contribution is 2.26. The van der Waals surface area contributed by atoms with E-state index in [1.807, 2.05) is 31.2 Å². The maximum Gasteiger partial charge on any atom is 0.200 e. The molecule has 10 heteroatoms. The van der Waals surface area contributed by atoms with Gasteiger partial charge in [-0.25, -0.2) is 22.0 Å². The summed E-state index contributed by atoms with van der Waals surface area (Å²) in [4.78, 5) is 0. The third-order valence-electron chi connectivity index (χ3n) is 4.50. The predicted octanol–water partition coefficient (Wildman–Crippen LogP) is 5.36. The molecule has 0 fully saturated rings. The van der Waals surface area contributed by atoms with E-state index in [1.54, 1.807) is 13.8 Å². The molecule has 0 aliphatic heterocycles. The standard InChI is InChI=1S/C20H17F5N4S/c1-9-5-4-6-12(7-9)26-20(30)27-19-10(2)28-29(11(19)3)8-13-14(21)16(23)18(25)17(24)15(13)22/h4-7H,8H2,1-3H3,(H2,26,27,30). The third-order valence-corrected chi connectivity index (χ3v) is 4.71. The van der Waals surface area contributed by atoms with Crippen molar-refractivity contribution in [3.05, 3.63) is 75.9 Å². The Morgan fingerprint density at radius 1 is 0.933 bits per heavy atom. The molecule has 3 rings (SSSR count). The van der Waals surface area contributed by atoms with Crippen molar-refractivity contribution in [1.29, 1.82) is 0 Å². The lowest BCUT2D eigenvalue weighted by Gasteiger charge is -2.12. The van der Waals surface area contributed by atoms with Crippen molar-refractivity contribution in [2.75, 3.05) is 10.6 Å². The van der Waals surface area contributed by atoms with Crippen molar-refractivity contribution in [2.24, 2.45) is 0 Å². The molecule has 1 heterocycles. The molecule has 0 amide bonds. The predicted molar refractivity (Wildman–Crippen MR) is 108 cm³/mol. The van der Waals surface area contributed by atoms with Crippen LogP contribution < -0.4 is 10.6 Å². The Bertz CT molecular complexity index is 1110. The van der Waals surface area contributed by atoms with E-state index < -0.39 is 41.2 Å². The van der Waals surface area contributed by atoms with Crippen molar-refractivity contribution in [1.82, 2.24) is 9.78 Å². The second-order valence-corrected chi connectivity index (χ2v) is 7.11. The fourth-order valence-corrected chi connectivity index (χ4v) is 3.19. The minimum absolute atomic E-state index is 0.252. The van der Waals surface area contributed by atoms with Gasteiger partial charge in [-0.2, -0.15) is 5.10 Å².